The molecule has 2 rings (SSSR count). The zero-order chi connectivity index (χ0) is 13.5. The number of aromatic amines is 1. The third-order valence-electron chi connectivity index (χ3n) is 3.65. The molecule has 1 N–H and O–H groups in total. The monoisotopic (exact) mass is 271 g/mol. The number of hydrogen-bond donors (Lipinski definition) is 1. The van der Waals surface area contributed by atoms with Crippen molar-refractivity contribution in [3.8, 4) is 0 Å². The van der Waals surface area contributed by atoms with Crippen molar-refractivity contribution in [3.05, 3.63) is 11.4 Å². The van der Waals surface area contributed by atoms with Crippen molar-refractivity contribution in [2.24, 2.45) is 5.92 Å². The Hall–Kier alpha value is -0.880. The van der Waals surface area contributed by atoms with Crippen LogP contribution in [-0.2, 0) is 10.0 Å². The van der Waals surface area contributed by atoms with Crippen molar-refractivity contribution in [2.75, 3.05) is 6.54 Å². The van der Waals surface area contributed by atoms with Crippen molar-refractivity contribution < 1.29 is 8.42 Å². The SMILES string of the molecule is Cc1n[nH]c(C)c1S(=O)(=O)N1CCCC1C(C)C. The summed E-state index contributed by atoms with van der Waals surface area (Å²) in [7, 11) is -3.41. The number of rotatable bonds is 3. The summed E-state index contributed by atoms with van der Waals surface area (Å²) in [5.41, 5.74) is 1.18. The van der Waals surface area contributed by atoms with Gasteiger partial charge in [0, 0.05) is 12.6 Å². The maximum atomic E-state index is 12.7. The topological polar surface area (TPSA) is 66.1 Å². The molecule has 1 unspecified atom stereocenters. The average Bonchev–Trinajstić information content (AvgIpc) is 2.85. The van der Waals surface area contributed by atoms with Gasteiger partial charge in [-0.15, -0.1) is 0 Å². The third kappa shape index (κ3) is 2.07. The summed E-state index contributed by atoms with van der Waals surface area (Å²) in [5.74, 6) is 0.342. The van der Waals surface area contributed by atoms with Crippen LogP contribution in [0.25, 0.3) is 0 Å². The van der Waals surface area contributed by atoms with Gasteiger partial charge in [0.05, 0.1) is 11.4 Å². The standard InChI is InChI=1S/C12H21N3O2S/c1-8(2)11-6-5-7-15(11)18(16,17)12-9(3)13-14-10(12)4/h8,11H,5-7H2,1-4H3,(H,13,14). The van der Waals surface area contributed by atoms with E-state index in [-0.39, 0.29) is 6.04 Å². The second kappa shape index (κ2) is 4.66. The highest BCUT2D eigenvalue weighted by molar-refractivity contribution is 7.89. The van der Waals surface area contributed by atoms with E-state index in [4.69, 9.17) is 0 Å². The van der Waals surface area contributed by atoms with E-state index in [2.05, 4.69) is 24.0 Å². The Morgan fingerprint density at radius 3 is 2.56 bits per heavy atom. The van der Waals surface area contributed by atoms with Crippen LogP contribution in [0, 0.1) is 19.8 Å². The lowest BCUT2D eigenvalue weighted by atomic mass is 10.0. The Morgan fingerprint density at radius 2 is 2.06 bits per heavy atom. The van der Waals surface area contributed by atoms with Crippen LogP contribution in [0.3, 0.4) is 0 Å². The summed E-state index contributed by atoms with van der Waals surface area (Å²) in [6.07, 6.45) is 1.89. The van der Waals surface area contributed by atoms with E-state index in [9.17, 15) is 8.42 Å². The van der Waals surface area contributed by atoms with Gasteiger partial charge in [0.15, 0.2) is 0 Å². The molecule has 102 valence electrons. The van der Waals surface area contributed by atoms with Crippen LogP contribution in [0.1, 0.15) is 38.1 Å². The fourth-order valence-electron chi connectivity index (χ4n) is 2.77. The molecule has 1 aliphatic rings. The number of H-pyrrole nitrogens is 1. The van der Waals surface area contributed by atoms with Gasteiger partial charge >= 0.3 is 0 Å². The Balaban J connectivity index is 2.43. The molecule has 6 heteroatoms. The number of nitrogens with zero attached hydrogens (tertiary/aromatic N) is 2. The highest BCUT2D eigenvalue weighted by atomic mass is 32.2. The lowest BCUT2D eigenvalue weighted by molar-refractivity contribution is 0.315. The second-order valence-corrected chi connectivity index (χ2v) is 7.16. The van der Waals surface area contributed by atoms with Crippen LogP contribution in [0.4, 0.5) is 0 Å². The Labute approximate surface area is 109 Å². The molecule has 1 saturated heterocycles. The quantitative estimate of drug-likeness (QED) is 0.912. The largest absolute Gasteiger partial charge is 0.281 e. The van der Waals surface area contributed by atoms with Gasteiger partial charge in [-0.1, -0.05) is 13.8 Å². The normalized spacial score (nSPS) is 21.9. The maximum absolute atomic E-state index is 12.7. The smallest absolute Gasteiger partial charge is 0.246 e. The Morgan fingerprint density at radius 1 is 1.39 bits per heavy atom. The molecule has 0 aliphatic carbocycles. The van der Waals surface area contributed by atoms with Crippen molar-refractivity contribution in [1.82, 2.24) is 14.5 Å². The molecule has 1 atom stereocenters. The van der Waals surface area contributed by atoms with Crippen LogP contribution in [0.15, 0.2) is 4.90 Å². The Bertz CT molecular complexity index is 514. The predicted molar refractivity (Wildman–Crippen MR) is 69.8 cm³/mol. The van der Waals surface area contributed by atoms with Crippen LogP contribution in [0.5, 0.6) is 0 Å². The summed E-state index contributed by atoms with van der Waals surface area (Å²) >= 11 is 0. The zero-order valence-electron chi connectivity index (χ0n) is 11.4. The predicted octanol–water partition coefficient (Wildman–Crippen LogP) is 1.84. The van der Waals surface area contributed by atoms with Crippen molar-refractivity contribution in [2.45, 2.75) is 51.5 Å². The van der Waals surface area contributed by atoms with Crippen LogP contribution in [-0.4, -0.2) is 35.5 Å². The fraction of sp³-hybridized carbons (Fsp3) is 0.750. The number of nitrogens with one attached hydrogen (secondary N) is 1. The first-order valence-corrected chi connectivity index (χ1v) is 7.83. The summed E-state index contributed by atoms with van der Waals surface area (Å²) in [6, 6.07) is 0.115. The van der Waals surface area contributed by atoms with Gasteiger partial charge < -0.3 is 0 Å². The first-order valence-electron chi connectivity index (χ1n) is 6.39. The molecule has 18 heavy (non-hydrogen) atoms. The van der Waals surface area contributed by atoms with Crippen molar-refractivity contribution >= 4 is 10.0 Å². The molecule has 0 spiro atoms. The molecule has 0 radical (unpaired) electrons. The van der Waals surface area contributed by atoms with E-state index in [0.29, 0.717) is 28.7 Å². The highest BCUT2D eigenvalue weighted by Gasteiger charge is 2.38. The van der Waals surface area contributed by atoms with Crippen LogP contribution >= 0.6 is 0 Å². The van der Waals surface area contributed by atoms with Gasteiger partial charge in [0.25, 0.3) is 0 Å². The van der Waals surface area contributed by atoms with Gasteiger partial charge in [0.2, 0.25) is 10.0 Å². The number of aryl methyl sites for hydroxylation is 2. The van der Waals surface area contributed by atoms with E-state index >= 15 is 0 Å². The number of sulfonamides is 1. The molecule has 1 aromatic heterocycles. The minimum Gasteiger partial charge on any atom is -0.281 e. The van der Waals surface area contributed by atoms with Gasteiger partial charge in [0.1, 0.15) is 4.90 Å². The molecule has 0 bridgehead atoms. The molecule has 1 aromatic rings. The Kier molecular flexibility index (Phi) is 3.51. The van der Waals surface area contributed by atoms with Crippen LogP contribution < -0.4 is 0 Å². The molecule has 1 aliphatic heterocycles. The summed E-state index contributed by atoms with van der Waals surface area (Å²) in [4.78, 5) is 0.357. The maximum Gasteiger partial charge on any atom is 0.246 e. The zero-order valence-corrected chi connectivity index (χ0v) is 12.2. The molecule has 1 fully saturated rings. The van der Waals surface area contributed by atoms with Crippen LogP contribution in [0.2, 0.25) is 0 Å². The van der Waals surface area contributed by atoms with Crippen molar-refractivity contribution in [3.63, 3.8) is 0 Å². The number of aromatic nitrogens is 2. The van der Waals surface area contributed by atoms with E-state index < -0.39 is 10.0 Å². The van der Waals surface area contributed by atoms with Gasteiger partial charge in [-0.25, -0.2) is 8.42 Å². The molecule has 0 amide bonds. The lowest BCUT2D eigenvalue weighted by Gasteiger charge is -2.26. The highest BCUT2D eigenvalue weighted by Crippen LogP contribution is 2.31. The first-order chi connectivity index (χ1) is 8.35. The lowest BCUT2D eigenvalue weighted by Crippen LogP contribution is -2.38. The number of hydrogen-bond acceptors (Lipinski definition) is 3. The third-order valence-corrected chi connectivity index (χ3v) is 5.83. The van der Waals surface area contributed by atoms with E-state index in [1.807, 2.05) is 0 Å². The molecular weight excluding hydrogens is 250 g/mol. The summed E-state index contributed by atoms with van der Waals surface area (Å²) < 4.78 is 27.1. The van der Waals surface area contributed by atoms with Gasteiger partial charge in [-0.2, -0.15) is 9.40 Å². The second-order valence-electron chi connectivity index (χ2n) is 5.33. The average molecular weight is 271 g/mol. The molecule has 2 heterocycles. The minimum absolute atomic E-state index is 0.115. The summed E-state index contributed by atoms with van der Waals surface area (Å²) in [5, 5.41) is 6.75. The van der Waals surface area contributed by atoms with E-state index in [1.165, 1.54) is 0 Å². The first kappa shape index (κ1) is 13.5. The molecular formula is C12H21N3O2S. The minimum atomic E-state index is -3.41. The van der Waals surface area contributed by atoms with Gasteiger partial charge in [-0.3, -0.25) is 5.10 Å². The fourth-order valence-corrected chi connectivity index (χ4v) is 4.93. The molecule has 0 saturated carbocycles. The van der Waals surface area contributed by atoms with E-state index in [0.717, 1.165) is 12.8 Å². The molecule has 5 nitrogen and oxygen atoms in total. The summed E-state index contributed by atoms with van der Waals surface area (Å²) in [6.45, 7) is 8.26. The molecule has 0 aromatic carbocycles. The van der Waals surface area contributed by atoms with Gasteiger partial charge in [-0.05, 0) is 32.6 Å². The van der Waals surface area contributed by atoms with Crippen molar-refractivity contribution in [1.29, 1.82) is 0 Å². The van der Waals surface area contributed by atoms with E-state index in [1.54, 1.807) is 18.2 Å².